The number of benzene rings is 6. The number of aromatic nitrogens is 4. The van der Waals surface area contributed by atoms with Gasteiger partial charge in [0.05, 0.1) is 16.7 Å². The van der Waals surface area contributed by atoms with Gasteiger partial charge in [-0.2, -0.15) is 0 Å². The van der Waals surface area contributed by atoms with Crippen molar-refractivity contribution in [2.24, 2.45) is 0 Å². The standard InChI is InChI=1S/C41H28F2N4/c1-25-13-19-36-32(21-25)33-22-26(2)14-20-37(33)47(36)38-24-30(29-16-18-34(42)35(43)23-29)15-17-31(38)41-45-39(27-9-5-3-6-10-27)44-40(46-41)28-11-7-4-8-12-28/h3-24H,1-2H3. The molecule has 0 saturated carbocycles. The predicted octanol–water partition coefficient (Wildman–Crippen LogP) is 10.5. The van der Waals surface area contributed by atoms with Gasteiger partial charge in [0.25, 0.3) is 0 Å². The summed E-state index contributed by atoms with van der Waals surface area (Å²) in [6.07, 6.45) is 0. The van der Waals surface area contributed by atoms with E-state index in [4.69, 9.17) is 15.0 Å². The van der Waals surface area contributed by atoms with Gasteiger partial charge < -0.3 is 4.57 Å². The minimum Gasteiger partial charge on any atom is -0.308 e. The van der Waals surface area contributed by atoms with E-state index in [1.807, 2.05) is 78.9 Å². The summed E-state index contributed by atoms with van der Waals surface area (Å²) < 4.78 is 30.7. The first-order valence-electron chi connectivity index (χ1n) is 15.4. The molecule has 0 aliphatic heterocycles. The van der Waals surface area contributed by atoms with Gasteiger partial charge in [-0.05, 0) is 73.5 Å². The van der Waals surface area contributed by atoms with Crippen LogP contribution in [-0.2, 0) is 0 Å². The minimum absolute atomic E-state index is 0.499. The van der Waals surface area contributed by atoms with Crippen molar-refractivity contribution in [2.75, 3.05) is 0 Å². The van der Waals surface area contributed by atoms with E-state index in [0.717, 1.165) is 66.9 Å². The minimum atomic E-state index is -0.895. The maximum Gasteiger partial charge on any atom is 0.166 e. The van der Waals surface area contributed by atoms with Crippen molar-refractivity contribution in [3.05, 3.63) is 156 Å². The van der Waals surface area contributed by atoms with E-state index >= 15 is 0 Å². The molecule has 8 aromatic rings. The van der Waals surface area contributed by atoms with Crippen LogP contribution in [-0.4, -0.2) is 19.5 Å². The monoisotopic (exact) mass is 614 g/mol. The zero-order chi connectivity index (χ0) is 32.1. The third kappa shape index (κ3) is 5.14. The second-order valence-corrected chi connectivity index (χ2v) is 11.8. The number of halogens is 2. The van der Waals surface area contributed by atoms with Gasteiger partial charge in [0.2, 0.25) is 0 Å². The Morgan fingerprint density at radius 2 is 0.957 bits per heavy atom. The molecule has 0 radical (unpaired) electrons. The molecule has 4 nitrogen and oxygen atoms in total. The zero-order valence-electron chi connectivity index (χ0n) is 25.7. The first kappa shape index (κ1) is 28.5. The van der Waals surface area contributed by atoms with Gasteiger partial charge in [-0.25, -0.2) is 23.7 Å². The molecule has 0 fully saturated rings. The van der Waals surface area contributed by atoms with Crippen LogP contribution >= 0.6 is 0 Å². The second kappa shape index (κ2) is 11.4. The van der Waals surface area contributed by atoms with Crippen LogP contribution in [0, 0.1) is 25.5 Å². The lowest BCUT2D eigenvalue weighted by Crippen LogP contribution is -2.04. The molecular weight excluding hydrogens is 586 g/mol. The summed E-state index contributed by atoms with van der Waals surface area (Å²) in [6, 6.07) is 42.5. The summed E-state index contributed by atoms with van der Waals surface area (Å²) in [7, 11) is 0. The van der Waals surface area contributed by atoms with Gasteiger partial charge in [-0.3, -0.25) is 0 Å². The molecule has 0 N–H and O–H groups in total. The average Bonchev–Trinajstić information content (AvgIpc) is 3.42. The van der Waals surface area contributed by atoms with Crippen molar-refractivity contribution >= 4 is 21.8 Å². The first-order valence-corrected chi connectivity index (χ1v) is 15.4. The van der Waals surface area contributed by atoms with Crippen molar-refractivity contribution in [1.82, 2.24) is 19.5 Å². The first-order chi connectivity index (χ1) is 22.9. The zero-order valence-corrected chi connectivity index (χ0v) is 25.7. The molecule has 0 atom stereocenters. The van der Waals surface area contributed by atoms with Gasteiger partial charge in [0, 0.05) is 27.5 Å². The molecule has 2 heterocycles. The van der Waals surface area contributed by atoms with Crippen LogP contribution in [0.5, 0.6) is 0 Å². The van der Waals surface area contributed by atoms with Crippen LogP contribution in [0.4, 0.5) is 8.78 Å². The molecule has 2 aromatic heterocycles. The highest BCUT2D eigenvalue weighted by Crippen LogP contribution is 2.39. The van der Waals surface area contributed by atoms with Crippen molar-refractivity contribution in [2.45, 2.75) is 13.8 Å². The fourth-order valence-electron chi connectivity index (χ4n) is 6.20. The number of aryl methyl sites for hydroxylation is 2. The van der Waals surface area contributed by atoms with Gasteiger partial charge in [0.1, 0.15) is 0 Å². The fourth-order valence-corrected chi connectivity index (χ4v) is 6.20. The third-order valence-electron chi connectivity index (χ3n) is 8.51. The number of nitrogens with zero attached hydrogens (tertiary/aromatic N) is 4. The molecule has 47 heavy (non-hydrogen) atoms. The maximum absolute atomic E-state index is 14.5. The largest absolute Gasteiger partial charge is 0.308 e. The van der Waals surface area contributed by atoms with E-state index in [9.17, 15) is 8.78 Å². The summed E-state index contributed by atoms with van der Waals surface area (Å²) in [5.41, 5.74) is 8.97. The Balaban J connectivity index is 1.46. The smallest absolute Gasteiger partial charge is 0.166 e. The Morgan fingerprint density at radius 1 is 0.447 bits per heavy atom. The van der Waals surface area contributed by atoms with Gasteiger partial charge in [0.15, 0.2) is 29.1 Å². The Hall–Kier alpha value is -6.01. The van der Waals surface area contributed by atoms with Gasteiger partial charge >= 0.3 is 0 Å². The summed E-state index contributed by atoms with van der Waals surface area (Å²) in [5, 5.41) is 2.25. The molecule has 0 bridgehead atoms. The van der Waals surface area contributed by atoms with E-state index in [1.165, 1.54) is 6.07 Å². The molecule has 0 spiro atoms. The molecule has 0 unspecified atom stereocenters. The number of hydrogen-bond donors (Lipinski definition) is 0. The molecule has 0 saturated heterocycles. The molecule has 0 aliphatic rings. The Labute approximate surface area is 270 Å². The number of fused-ring (bicyclic) bond motifs is 3. The van der Waals surface area contributed by atoms with Crippen molar-refractivity contribution < 1.29 is 8.78 Å². The molecule has 8 rings (SSSR count). The van der Waals surface area contributed by atoms with Crippen LogP contribution < -0.4 is 0 Å². The van der Waals surface area contributed by atoms with Crippen LogP contribution in [0.1, 0.15) is 11.1 Å². The SMILES string of the molecule is Cc1ccc2c(c1)c1cc(C)ccc1n2-c1cc(-c2ccc(F)c(F)c2)ccc1-c1nc(-c2ccccc2)nc(-c2ccccc2)n1. The molecule has 6 aromatic carbocycles. The van der Waals surface area contributed by atoms with Crippen LogP contribution in [0.2, 0.25) is 0 Å². The number of hydrogen-bond acceptors (Lipinski definition) is 3. The highest BCUT2D eigenvalue weighted by atomic mass is 19.2. The van der Waals surface area contributed by atoms with Gasteiger partial charge in [-0.15, -0.1) is 0 Å². The lowest BCUT2D eigenvalue weighted by Gasteiger charge is -2.16. The summed E-state index contributed by atoms with van der Waals surface area (Å²) in [5.74, 6) is -0.171. The summed E-state index contributed by atoms with van der Waals surface area (Å²) in [6.45, 7) is 4.18. The van der Waals surface area contributed by atoms with Gasteiger partial charge in [-0.1, -0.05) is 96.1 Å². The molecule has 226 valence electrons. The van der Waals surface area contributed by atoms with Crippen molar-refractivity contribution in [1.29, 1.82) is 0 Å². The third-order valence-corrected chi connectivity index (χ3v) is 8.51. The topological polar surface area (TPSA) is 43.6 Å². The maximum atomic E-state index is 14.5. The summed E-state index contributed by atoms with van der Waals surface area (Å²) in [4.78, 5) is 15.0. The van der Waals surface area contributed by atoms with Crippen molar-refractivity contribution in [3.8, 4) is 51.0 Å². The highest BCUT2D eigenvalue weighted by molar-refractivity contribution is 6.10. The fraction of sp³-hybridized carbons (Fsp3) is 0.0488. The average molecular weight is 615 g/mol. The van der Waals surface area contributed by atoms with E-state index in [1.54, 1.807) is 6.07 Å². The van der Waals surface area contributed by atoms with Crippen LogP contribution in [0.3, 0.4) is 0 Å². The summed E-state index contributed by atoms with van der Waals surface area (Å²) >= 11 is 0. The van der Waals surface area contributed by atoms with E-state index in [2.05, 4.69) is 54.8 Å². The predicted molar refractivity (Wildman–Crippen MR) is 185 cm³/mol. The highest BCUT2D eigenvalue weighted by Gasteiger charge is 2.21. The van der Waals surface area contributed by atoms with E-state index in [0.29, 0.717) is 23.0 Å². The molecule has 6 heteroatoms. The van der Waals surface area contributed by atoms with E-state index in [-0.39, 0.29) is 0 Å². The lowest BCUT2D eigenvalue weighted by atomic mass is 10.0. The normalized spacial score (nSPS) is 11.4. The Kier molecular flexibility index (Phi) is 6.91. The molecule has 0 amide bonds. The Bertz CT molecular complexity index is 2330. The van der Waals surface area contributed by atoms with Crippen LogP contribution in [0.15, 0.2) is 133 Å². The second-order valence-electron chi connectivity index (χ2n) is 11.8. The lowest BCUT2D eigenvalue weighted by molar-refractivity contribution is 0.509. The molecular formula is C41H28F2N4. The van der Waals surface area contributed by atoms with Crippen LogP contribution in [0.25, 0.3) is 72.8 Å². The van der Waals surface area contributed by atoms with Crippen molar-refractivity contribution in [3.63, 3.8) is 0 Å². The number of rotatable bonds is 5. The van der Waals surface area contributed by atoms with E-state index < -0.39 is 11.6 Å². The molecule has 0 aliphatic carbocycles. The Morgan fingerprint density at radius 3 is 1.51 bits per heavy atom. The quantitative estimate of drug-likeness (QED) is 0.194.